The smallest absolute Gasteiger partial charge is 0.258 e. The van der Waals surface area contributed by atoms with Gasteiger partial charge in [0.05, 0.1) is 5.52 Å². The molecule has 112 valence electrons. The molecule has 0 radical (unpaired) electrons. The quantitative estimate of drug-likeness (QED) is 0.804. The predicted molar refractivity (Wildman–Crippen MR) is 81.2 cm³/mol. The van der Waals surface area contributed by atoms with Crippen molar-refractivity contribution in [2.45, 2.75) is 37.7 Å². The highest BCUT2D eigenvalue weighted by atomic mass is 16.5. The van der Waals surface area contributed by atoms with Gasteiger partial charge < -0.3 is 9.63 Å². The van der Waals surface area contributed by atoms with Crippen LogP contribution in [0.5, 0.6) is 0 Å². The maximum Gasteiger partial charge on any atom is 0.258 e. The van der Waals surface area contributed by atoms with E-state index >= 15 is 0 Å². The van der Waals surface area contributed by atoms with E-state index in [1.54, 1.807) is 6.20 Å². The van der Waals surface area contributed by atoms with Crippen LogP contribution in [0.25, 0.3) is 10.9 Å². The van der Waals surface area contributed by atoms with Crippen LogP contribution in [-0.4, -0.2) is 20.2 Å². The Morgan fingerprint density at radius 1 is 1.14 bits per heavy atom. The number of para-hydroxylation sites is 1. The van der Waals surface area contributed by atoms with E-state index in [9.17, 15) is 5.11 Å². The molecule has 2 heterocycles. The molecule has 1 N–H and O–H groups in total. The molecule has 0 amide bonds. The molecule has 0 aliphatic heterocycles. The number of hydrogen-bond acceptors (Lipinski definition) is 5. The van der Waals surface area contributed by atoms with E-state index in [0.717, 1.165) is 29.3 Å². The maximum atomic E-state index is 10.5. The number of fused-ring (bicyclic) bond motifs is 1. The zero-order valence-corrected chi connectivity index (χ0v) is 12.2. The summed E-state index contributed by atoms with van der Waals surface area (Å²) in [5.41, 5.74) is 1.09. The van der Waals surface area contributed by atoms with E-state index in [0.29, 0.717) is 31.0 Å². The summed E-state index contributed by atoms with van der Waals surface area (Å²) in [4.78, 5) is 8.85. The molecule has 0 atom stereocenters. The van der Waals surface area contributed by atoms with Gasteiger partial charge in [-0.1, -0.05) is 29.4 Å². The van der Waals surface area contributed by atoms with E-state index in [-0.39, 0.29) is 0 Å². The summed E-state index contributed by atoms with van der Waals surface area (Å²) < 4.78 is 5.30. The molecule has 3 aromatic rings. The van der Waals surface area contributed by atoms with Crippen molar-refractivity contribution in [3.05, 3.63) is 53.8 Å². The lowest BCUT2D eigenvalue weighted by atomic mass is 10.0. The molecule has 1 aromatic carbocycles. The minimum Gasteiger partial charge on any atom is -0.380 e. The Kier molecular flexibility index (Phi) is 3.15. The number of pyridine rings is 1. The fourth-order valence-corrected chi connectivity index (χ4v) is 3.17. The number of rotatable bonds is 3. The Morgan fingerprint density at radius 2 is 1.95 bits per heavy atom. The zero-order chi connectivity index (χ0) is 15.0. The van der Waals surface area contributed by atoms with Gasteiger partial charge in [-0.25, -0.2) is 0 Å². The lowest BCUT2D eigenvalue weighted by molar-refractivity contribution is 0.0112. The summed E-state index contributed by atoms with van der Waals surface area (Å²) in [6, 6.07) is 10.0. The minimum absolute atomic E-state index is 0.355. The number of nitrogens with zero attached hydrogens (tertiary/aromatic N) is 3. The summed E-state index contributed by atoms with van der Waals surface area (Å²) >= 11 is 0. The van der Waals surface area contributed by atoms with Crippen LogP contribution < -0.4 is 0 Å². The van der Waals surface area contributed by atoms with Gasteiger partial charge in [0.1, 0.15) is 5.60 Å². The third kappa shape index (κ3) is 2.27. The van der Waals surface area contributed by atoms with E-state index in [2.05, 4.69) is 15.1 Å². The molecule has 0 saturated heterocycles. The lowest BCUT2D eigenvalue weighted by Gasteiger charge is -2.15. The summed E-state index contributed by atoms with van der Waals surface area (Å²) in [5.74, 6) is 0.946. The molecule has 22 heavy (non-hydrogen) atoms. The van der Waals surface area contributed by atoms with Gasteiger partial charge in [-0.2, -0.15) is 4.98 Å². The van der Waals surface area contributed by atoms with Gasteiger partial charge in [-0.05, 0) is 37.3 Å². The maximum absolute atomic E-state index is 10.5. The molecule has 5 heteroatoms. The first kappa shape index (κ1) is 13.4. The van der Waals surface area contributed by atoms with Crippen LogP contribution in [0.2, 0.25) is 0 Å². The molecule has 1 fully saturated rings. The van der Waals surface area contributed by atoms with Crippen molar-refractivity contribution in [1.82, 2.24) is 15.1 Å². The van der Waals surface area contributed by atoms with Crippen LogP contribution in [-0.2, 0) is 12.0 Å². The summed E-state index contributed by atoms with van der Waals surface area (Å²) in [6.45, 7) is 0. The van der Waals surface area contributed by atoms with Crippen molar-refractivity contribution in [3.63, 3.8) is 0 Å². The van der Waals surface area contributed by atoms with Crippen molar-refractivity contribution < 1.29 is 9.63 Å². The largest absolute Gasteiger partial charge is 0.380 e. The van der Waals surface area contributed by atoms with Crippen LogP contribution in [0, 0.1) is 0 Å². The number of hydrogen-bond donors (Lipinski definition) is 1. The number of benzene rings is 1. The second kappa shape index (κ2) is 5.18. The first-order valence-electron chi connectivity index (χ1n) is 7.63. The lowest BCUT2D eigenvalue weighted by Crippen LogP contribution is -2.21. The SMILES string of the molecule is OC1(c2nc(Cc3cccc4cccnc34)no2)CCCC1. The summed E-state index contributed by atoms with van der Waals surface area (Å²) in [7, 11) is 0. The third-order valence-corrected chi connectivity index (χ3v) is 4.36. The van der Waals surface area contributed by atoms with Crippen molar-refractivity contribution in [1.29, 1.82) is 0 Å². The first-order chi connectivity index (χ1) is 10.7. The third-order valence-electron chi connectivity index (χ3n) is 4.36. The monoisotopic (exact) mass is 295 g/mol. The number of aliphatic hydroxyl groups is 1. The highest BCUT2D eigenvalue weighted by Gasteiger charge is 2.38. The first-order valence-corrected chi connectivity index (χ1v) is 7.63. The van der Waals surface area contributed by atoms with Gasteiger partial charge in [0.15, 0.2) is 5.82 Å². The topological polar surface area (TPSA) is 72.0 Å². The van der Waals surface area contributed by atoms with Gasteiger partial charge in [0, 0.05) is 18.0 Å². The van der Waals surface area contributed by atoms with Crippen molar-refractivity contribution in [3.8, 4) is 0 Å². The molecule has 0 spiro atoms. The van der Waals surface area contributed by atoms with Crippen LogP contribution in [0.3, 0.4) is 0 Å². The summed E-state index contributed by atoms with van der Waals surface area (Å²) in [6.07, 6.45) is 5.74. The standard InChI is InChI=1S/C17H17N3O2/c21-17(8-1-2-9-17)16-19-14(20-22-16)11-13-6-3-5-12-7-4-10-18-15(12)13/h3-7,10,21H,1-2,8-9,11H2. The van der Waals surface area contributed by atoms with E-state index in [1.807, 2.05) is 30.3 Å². The second-order valence-electron chi connectivity index (χ2n) is 5.92. The molecule has 1 aliphatic carbocycles. The highest BCUT2D eigenvalue weighted by Crippen LogP contribution is 2.37. The zero-order valence-electron chi connectivity index (χ0n) is 12.2. The van der Waals surface area contributed by atoms with Gasteiger partial charge in [0.2, 0.25) is 0 Å². The van der Waals surface area contributed by atoms with Crippen molar-refractivity contribution in [2.24, 2.45) is 0 Å². The fraction of sp³-hybridized carbons (Fsp3) is 0.353. The van der Waals surface area contributed by atoms with E-state index < -0.39 is 5.60 Å². The Morgan fingerprint density at radius 3 is 2.82 bits per heavy atom. The Bertz CT molecular complexity index is 801. The van der Waals surface area contributed by atoms with E-state index in [1.165, 1.54) is 0 Å². The average molecular weight is 295 g/mol. The molecule has 1 aliphatic rings. The van der Waals surface area contributed by atoms with Gasteiger partial charge in [0.25, 0.3) is 5.89 Å². The summed E-state index contributed by atoms with van der Waals surface area (Å²) in [5, 5.41) is 15.6. The van der Waals surface area contributed by atoms with Crippen LogP contribution in [0.1, 0.15) is 43.0 Å². The average Bonchev–Trinajstić information content (AvgIpc) is 3.18. The van der Waals surface area contributed by atoms with Crippen LogP contribution >= 0.6 is 0 Å². The minimum atomic E-state index is -0.928. The van der Waals surface area contributed by atoms with Crippen molar-refractivity contribution >= 4 is 10.9 Å². The molecule has 4 rings (SSSR count). The molecule has 1 saturated carbocycles. The van der Waals surface area contributed by atoms with E-state index in [4.69, 9.17) is 4.52 Å². The molecule has 0 bridgehead atoms. The Hall–Kier alpha value is -2.27. The van der Waals surface area contributed by atoms with Crippen molar-refractivity contribution in [2.75, 3.05) is 0 Å². The molecular weight excluding hydrogens is 278 g/mol. The van der Waals surface area contributed by atoms with Gasteiger partial charge in [-0.15, -0.1) is 0 Å². The van der Waals surface area contributed by atoms with Gasteiger partial charge >= 0.3 is 0 Å². The van der Waals surface area contributed by atoms with Crippen LogP contribution in [0.15, 0.2) is 41.1 Å². The second-order valence-corrected chi connectivity index (χ2v) is 5.92. The molecule has 5 nitrogen and oxygen atoms in total. The Labute approximate surface area is 128 Å². The molecule has 2 aromatic heterocycles. The van der Waals surface area contributed by atoms with Crippen LogP contribution in [0.4, 0.5) is 0 Å². The Balaban J connectivity index is 1.65. The number of aromatic nitrogens is 3. The highest BCUT2D eigenvalue weighted by molar-refractivity contribution is 5.81. The fourth-order valence-electron chi connectivity index (χ4n) is 3.17. The normalized spacial score (nSPS) is 17.1. The molecular formula is C17H17N3O2. The predicted octanol–water partition coefficient (Wildman–Crippen LogP) is 2.97. The molecule has 0 unspecified atom stereocenters. The van der Waals surface area contributed by atoms with Gasteiger partial charge in [-0.3, -0.25) is 4.98 Å².